The van der Waals surface area contributed by atoms with Gasteiger partial charge in [0, 0.05) is 30.6 Å². The molecule has 0 saturated carbocycles. The quantitative estimate of drug-likeness (QED) is 0.841. The summed E-state index contributed by atoms with van der Waals surface area (Å²) >= 11 is 1.74. The minimum absolute atomic E-state index is 0.0260. The smallest absolute Gasteiger partial charge is 0.195 e. The topological polar surface area (TPSA) is 40.6 Å². The molecule has 0 radical (unpaired) electrons. The van der Waals surface area contributed by atoms with E-state index in [-0.39, 0.29) is 6.04 Å². The predicted molar refractivity (Wildman–Crippen MR) is 77.5 cm³/mol. The third-order valence-electron chi connectivity index (χ3n) is 4.16. The van der Waals surface area contributed by atoms with Crippen LogP contribution < -0.4 is 0 Å². The zero-order valence-electron chi connectivity index (χ0n) is 11.2. The highest BCUT2D eigenvalue weighted by molar-refractivity contribution is 7.86. The van der Waals surface area contributed by atoms with Gasteiger partial charge < -0.3 is 0 Å². The van der Waals surface area contributed by atoms with E-state index in [4.69, 9.17) is 0 Å². The Hall–Kier alpha value is -0.430. The maximum Gasteiger partial charge on any atom is 0.282 e. The molecule has 0 spiro atoms. The molecule has 0 aliphatic carbocycles. The Morgan fingerprint density at radius 3 is 2.68 bits per heavy atom. The molecule has 2 aliphatic heterocycles. The lowest BCUT2D eigenvalue weighted by Gasteiger charge is -2.37. The van der Waals surface area contributed by atoms with Crippen molar-refractivity contribution in [2.45, 2.75) is 38.6 Å². The highest BCUT2D eigenvalue weighted by Gasteiger charge is 2.37. The summed E-state index contributed by atoms with van der Waals surface area (Å²) in [6.07, 6.45) is 3.98. The van der Waals surface area contributed by atoms with Crippen LogP contribution in [0.1, 0.15) is 42.7 Å². The molecule has 1 atom stereocenters. The Kier molecular flexibility index (Phi) is 3.68. The summed E-state index contributed by atoms with van der Waals surface area (Å²) in [5.74, 6) is 0. The van der Waals surface area contributed by atoms with Crippen LogP contribution in [0.5, 0.6) is 0 Å². The van der Waals surface area contributed by atoms with Crippen LogP contribution in [0.4, 0.5) is 0 Å². The number of thiophene rings is 1. The van der Waals surface area contributed by atoms with Crippen molar-refractivity contribution in [3.05, 3.63) is 21.9 Å². The second-order valence-electron chi connectivity index (χ2n) is 5.30. The van der Waals surface area contributed by atoms with Crippen molar-refractivity contribution in [3.8, 4) is 0 Å². The zero-order chi connectivity index (χ0) is 13.5. The zero-order valence-corrected chi connectivity index (χ0v) is 12.8. The molecule has 0 unspecified atom stereocenters. The summed E-state index contributed by atoms with van der Waals surface area (Å²) in [5.41, 5.74) is 1.19. The van der Waals surface area contributed by atoms with Crippen LogP contribution in [0.2, 0.25) is 0 Å². The van der Waals surface area contributed by atoms with E-state index in [2.05, 4.69) is 11.4 Å². The fourth-order valence-electron chi connectivity index (χ4n) is 3.05. The van der Waals surface area contributed by atoms with Gasteiger partial charge in [0.25, 0.3) is 10.2 Å². The van der Waals surface area contributed by atoms with E-state index in [0.717, 1.165) is 25.7 Å². The molecule has 1 fully saturated rings. The van der Waals surface area contributed by atoms with E-state index in [1.807, 2.05) is 6.92 Å². The predicted octanol–water partition coefficient (Wildman–Crippen LogP) is 2.40. The molecule has 1 aromatic rings. The van der Waals surface area contributed by atoms with Crippen molar-refractivity contribution in [1.29, 1.82) is 0 Å². The lowest BCUT2D eigenvalue weighted by atomic mass is 10.0. The van der Waals surface area contributed by atoms with Crippen LogP contribution in [-0.2, 0) is 16.6 Å². The number of hydrogen-bond acceptors (Lipinski definition) is 3. The number of piperidine rings is 1. The Balaban J connectivity index is 1.86. The Labute approximate surface area is 119 Å². The normalized spacial score (nSPS) is 26.3. The second kappa shape index (κ2) is 5.16. The third kappa shape index (κ3) is 2.35. The van der Waals surface area contributed by atoms with E-state index in [1.54, 1.807) is 19.9 Å². The van der Waals surface area contributed by atoms with Crippen molar-refractivity contribution < 1.29 is 8.42 Å². The van der Waals surface area contributed by atoms with Gasteiger partial charge in [0.2, 0.25) is 0 Å². The average Bonchev–Trinajstić information content (AvgIpc) is 2.89. The van der Waals surface area contributed by atoms with E-state index in [0.29, 0.717) is 19.6 Å². The second-order valence-corrected chi connectivity index (χ2v) is 8.19. The van der Waals surface area contributed by atoms with Crippen molar-refractivity contribution in [2.24, 2.45) is 0 Å². The maximum atomic E-state index is 12.7. The molecule has 3 rings (SSSR count). The molecular weight excluding hydrogens is 280 g/mol. The van der Waals surface area contributed by atoms with E-state index in [1.165, 1.54) is 10.4 Å². The number of rotatable bonds is 2. The van der Waals surface area contributed by atoms with Crippen molar-refractivity contribution in [1.82, 2.24) is 8.61 Å². The van der Waals surface area contributed by atoms with Gasteiger partial charge in [-0.3, -0.25) is 0 Å². The van der Waals surface area contributed by atoms with Gasteiger partial charge in [-0.15, -0.1) is 11.3 Å². The van der Waals surface area contributed by atoms with Crippen LogP contribution in [0.15, 0.2) is 11.4 Å². The summed E-state index contributed by atoms with van der Waals surface area (Å²) in [6, 6.07) is 2.05. The van der Waals surface area contributed by atoms with Crippen LogP contribution in [0.3, 0.4) is 0 Å². The van der Waals surface area contributed by atoms with E-state index >= 15 is 0 Å². The largest absolute Gasteiger partial charge is 0.282 e. The summed E-state index contributed by atoms with van der Waals surface area (Å²) in [5, 5.41) is 2.07. The first-order chi connectivity index (χ1) is 9.10. The van der Waals surface area contributed by atoms with Crippen molar-refractivity contribution in [3.63, 3.8) is 0 Å². The molecule has 3 heterocycles. The first kappa shape index (κ1) is 13.5. The fraction of sp³-hybridized carbons (Fsp3) is 0.692. The SMILES string of the molecule is C[C@H]1c2ccsc2CCN1S(=O)(=O)N1CCCCC1. The monoisotopic (exact) mass is 300 g/mol. The molecule has 0 amide bonds. The molecule has 1 saturated heterocycles. The maximum absolute atomic E-state index is 12.7. The first-order valence-corrected chi connectivity index (χ1v) is 9.21. The Bertz CT molecular complexity index is 547. The van der Waals surface area contributed by atoms with Gasteiger partial charge in [0.05, 0.1) is 0 Å². The third-order valence-corrected chi connectivity index (χ3v) is 7.26. The van der Waals surface area contributed by atoms with Gasteiger partial charge in [0.15, 0.2) is 0 Å². The van der Waals surface area contributed by atoms with Gasteiger partial charge in [-0.05, 0) is 43.2 Å². The number of nitrogens with zero attached hydrogens (tertiary/aromatic N) is 2. The molecular formula is C13H20N2O2S2. The summed E-state index contributed by atoms with van der Waals surface area (Å²) in [4.78, 5) is 1.34. The highest BCUT2D eigenvalue weighted by atomic mass is 32.2. The number of hydrogen-bond donors (Lipinski definition) is 0. The molecule has 4 nitrogen and oxygen atoms in total. The minimum atomic E-state index is -3.28. The summed E-state index contributed by atoms with van der Waals surface area (Å²) in [6.45, 7) is 3.99. The van der Waals surface area contributed by atoms with Gasteiger partial charge in [0.1, 0.15) is 0 Å². The molecule has 1 aromatic heterocycles. The molecule has 0 N–H and O–H groups in total. The lowest BCUT2D eigenvalue weighted by Crippen LogP contribution is -2.48. The van der Waals surface area contributed by atoms with Crippen LogP contribution in [0, 0.1) is 0 Å². The number of fused-ring (bicyclic) bond motifs is 1. The van der Waals surface area contributed by atoms with Crippen LogP contribution >= 0.6 is 11.3 Å². The van der Waals surface area contributed by atoms with Gasteiger partial charge in [-0.25, -0.2) is 0 Å². The van der Waals surface area contributed by atoms with Crippen molar-refractivity contribution in [2.75, 3.05) is 19.6 Å². The van der Waals surface area contributed by atoms with Gasteiger partial charge >= 0.3 is 0 Å². The lowest BCUT2D eigenvalue weighted by molar-refractivity contribution is 0.269. The van der Waals surface area contributed by atoms with E-state index in [9.17, 15) is 8.42 Å². The molecule has 106 valence electrons. The highest BCUT2D eigenvalue weighted by Crippen LogP contribution is 2.35. The average molecular weight is 300 g/mol. The van der Waals surface area contributed by atoms with Gasteiger partial charge in [-0.1, -0.05) is 6.42 Å². The standard InChI is InChI=1S/C13H20N2O2S2/c1-11-12-6-10-18-13(12)5-9-15(11)19(16,17)14-7-3-2-4-8-14/h6,10-11H,2-5,7-9H2,1H3/t11-/m0/s1. The molecule has 6 heteroatoms. The molecule has 19 heavy (non-hydrogen) atoms. The Morgan fingerprint density at radius 1 is 1.21 bits per heavy atom. The van der Waals surface area contributed by atoms with Crippen LogP contribution in [-0.4, -0.2) is 36.7 Å². The van der Waals surface area contributed by atoms with Crippen molar-refractivity contribution >= 4 is 21.5 Å². The first-order valence-electron chi connectivity index (χ1n) is 6.94. The van der Waals surface area contributed by atoms with Crippen LogP contribution in [0.25, 0.3) is 0 Å². The van der Waals surface area contributed by atoms with Gasteiger partial charge in [-0.2, -0.15) is 17.0 Å². The molecule has 0 bridgehead atoms. The summed E-state index contributed by atoms with van der Waals surface area (Å²) in [7, 11) is -3.28. The minimum Gasteiger partial charge on any atom is -0.195 e. The Morgan fingerprint density at radius 2 is 1.95 bits per heavy atom. The summed E-state index contributed by atoms with van der Waals surface area (Å²) < 4.78 is 28.8. The fourth-order valence-corrected chi connectivity index (χ4v) is 5.86. The van der Waals surface area contributed by atoms with E-state index < -0.39 is 10.2 Å². The molecule has 2 aliphatic rings. The molecule has 0 aromatic carbocycles.